The van der Waals surface area contributed by atoms with Gasteiger partial charge in [-0.05, 0) is 18.6 Å². The number of piperazine rings is 1. The number of pyridine rings is 1. The lowest BCUT2D eigenvalue weighted by Crippen LogP contribution is -2.53. The Labute approximate surface area is 122 Å². The Hall–Kier alpha value is -2.05. The molecule has 3 atom stereocenters. The highest BCUT2D eigenvalue weighted by Gasteiger charge is 2.38. The molecule has 2 aromatic heterocycles. The number of nitrogens with one attached hydrogen (secondary N) is 1. The molecular weight excluding hydrogens is 268 g/mol. The fraction of sp³-hybridized carbons (Fsp3) is 0.400. The van der Waals surface area contributed by atoms with E-state index in [9.17, 15) is 4.79 Å². The molecule has 2 fully saturated rings. The maximum atomic E-state index is 12.6. The van der Waals surface area contributed by atoms with E-state index in [0.717, 1.165) is 25.1 Å². The number of Topliss-reactive ketones (excluding diaryl/α,β-unsaturated/α-hetero) is 1. The number of ketones is 1. The van der Waals surface area contributed by atoms with Crippen molar-refractivity contribution < 1.29 is 9.21 Å². The van der Waals surface area contributed by atoms with E-state index < -0.39 is 0 Å². The number of carbonyl (C=O) groups is 1. The molecule has 3 unspecified atom stereocenters. The van der Waals surface area contributed by atoms with Crippen LogP contribution >= 0.6 is 0 Å². The van der Waals surface area contributed by atoms with Gasteiger partial charge in [0.15, 0.2) is 5.76 Å². The summed E-state index contributed by atoms with van der Waals surface area (Å²) < 4.78 is 5.65. The van der Waals surface area contributed by atoms with Gasteiger partial charge in [-0.3, -0.25) is 14.7 Å². The van der Waals surface area contributed by atoms with Gasteiger partial charge in [-0.15, -0.1) is 0 Å². The number of oxazole rings is 1. The molecule has 4 rings (SSSR count). The smallest absolute Gasteiger partial charge is 0.265 e. The predicted octanol–water partition coefficient (Wildman–Crippen LogP) is 0.965. The first-order valence-corrected chi connectivity index (χ1v) is 7.19. The van der Waals surface area contributed by atoms with Gasteiger partial charge >= 0.3 is 0 Å². The normalized spacial score (nSPS) is 27.7. The van der Waals surface area contributed by atoms with Crippen molar-refractivity contribution in [3.63, 3.8) is 0 Å². The molecule has 6 nitrogen and oxygen atoms in total. The average Bonchev–Trinajstić information content (AvgIpc) is 3.15. The van der Waals surface area contributed by atoms with Gasteiger partial charge in [-0.1, -0.05) is 0 Å². The third kappa shape index (κ3) is 2.26. The van der Waals surface area contributed by atoms with Gasteiger partial charge in [-0.25, -0.2) is 4.98 Å². The minimum atomic E-state index is -0.160. The highest BCUT2D eigenvalue weighted by molar-refractivity contribution is 5.96. The Morgan fingerprint density at radius 1 is 1.38 bits per heavy atom. The number of rotatable bonds is 3. The van der Waals surface area contributed by atoms with Crippen molar-refractivity contribution in [1.82, 2.24) is 20.2 Å². The zero-order chi connectivity index (χ0) is 14.2. The van der Waals surface area contributed by atoms with E-state index in [1.54, 1.807) is 18.6 Å². The van der Waals surface area contributed by atoms with Crippen LogP contribution in [-0.4, -0.2) is 52.4 Å². The van der Waals surface area contributed by atoms with Crippen molar-refractivity contribution in [3.05, 3.63) is 36.6 Å². The standard InChI is InChI=1S/C15H16N4O2/c20-14(12-7-17-11-3-6-19(12)9-11)15-18-8-13(21-15)10-1-4-16-5-2-10/h1-2,4-5,8,11-12,17H,3,6-7,9H2. The minimum Gasteiger partial charge on any atom is -0.434 e. The monoisotopic (exact) mass is 284 g/mol. The lowest BCUT2D eigenvalue weighted by atomic mass is 10.1. The second kappa shape index (κ2) is 5.05. The van der Waals surface area contributed by atoms with Crippen molar-refractivity contribution >= 4 is 5.78 Å². The number of aromatic nitrogens is 2. The topological polar surface area (TPSA) is 71.3 Å². The molecule has 0 amide bonds. The van der Waals surface area contributed by atoms with E-state index >= 15 is 0 Å². The second-order valence-electron chi connectivity index (χ2n) is 5.53. The zero-order valence-electron chi connectivity index (χ0n) is 11.5. The maximum absolute atomic E-state index is 12.6. The van der Waals surface area contributed by atoms with Crippen LogP contribution in [0.5, 0.6) is 0 Å². The van der Waals surface area contributed by atoms with Gasteiger partial charge in [0.1, 0.15) is 0 Å². The van der Waals surface area contributed by atoms with Gasteiger partial charge in [0.05, 0.1) is 12.2 Å². The summed E-state index contributed by atoms with van der Waals surface area (Å²) in [6.45, 7) is 2.58. The molecule has 21 heavy (non-hydrogen) atoms. The summed E-state index contributed by atoms with van der Waals surface area (Å²) >= 11 is 0. The van der Waals surface area contributed by atoms with Gasteiger partial charge < -0.3 is 9.73 Å². The first kappa shape index (κ1) is 12.7. The van der Waals surface area contributed by atoms with E-state index in [4.69, 9.17) is 4.42 Å². The molecule has 0 aliphatic carbocycles. The largest absolute Gasteiger partial charge is 0.434 e. The van der Waals surface area contributed by atoms with Crippen molar-refractivity contribution in [2.75, 3.05) is 19.6 Å². The number of hydrogen-bond acceptors (Lipinski definition) is 6. The molecule has 0 aromatic carbocycles. The van der Waals surface area contributed by atoms with Crippen molar-refractivity contribution in [2.45, 2.75) is 18.5 Å². The van der Waals surface area contributed by atoms with Crippen molar-refractivity contribution in [3.8, 4) is 11.3 Å². The summed E-state index contributed by atoms with van der Waals surface area (Å²) in [5, 5.41) is 3.41. The van der Waals surface area contributed by atoms with E-state index in [-0.39, 0.29) is 17.7 Å². The van der Waals surface area contributed by atoms with Crippen LogP contribution in [-0.2, 0) is 0 Å². The van der Waals surface area contributed by atoms with Crippen molar-refractivity contribution in [2.24, 2.45) is 0 Å². The first-order chi connectivity index (χ1) is 10.3. The summed E-state index contributed by atoms with van der Waals surface area (Å²) in [7, 11) is 0. The molecule has 6 heteroatoms. The first-order valence-electron chi connectivity index (χ1n) is 7.19. The molecule has 2 saturated heterocycles. The van der Waals surface area contributed by atoms with E-state index in [0.29, 0.717) is 18.3 Å². The minimum absolute atomic E-state index is 0.0387. The van der Waals surface area contributed by atoms with Crippen LogP contribution in [0.1, 0.15) is 17.1 Å². The molecule has 2 bridgehead atoms. The van der Waals surface area contributed by atoms with Crippen LogP contribution in [0.4, 0.5) is 0 Å². The number of carbonyl (C=O) groups excluding carboxylic acids is 1. The molecule has 2 aliphatic heterocycles. The highest BCUT2D eigenvalue weighted by Crippen LogP contribution is 2.23. The number of hydrogen-bond donors (Lipinski definition) is 1. The van der Waals surface area contributed by atoms with Crippen LogP contribution < -0.4 is 5.32 Å². The van der Waals surface area contributed by atoms with Crippen molar-refractivity contribution in [1.29, 1.82) is 0 Å². The van der Waals surface area contributed by atoms with E-state index in [1.807, 2.05) is 12.1 Å². The summed E-state index contributed by atoms with van der Waals surface area (Å²) in [6.07, 6.45) is 6.09. The van der Waals surface area contributed by atoms with Gasteiger partial charge in [0.25, 0.3) is 5.89 Å². The third-order valence-electron chi connectivity index (χ3n) is 4.24. The molecule has 4 heterocycles. The van der Waals surface area contributed by atoms with Gasteiger partial charge in [-0.2, -0.15) is 0 Å². The molecule has 2 aliphatic rings. The van der Waals surface area contributed by atoms with Crippen LogP contribution in [0.15, 0.2) is 35.1 Å². The van der Waals surface area contributed by atoms with E-state index in [1.165, 1.54) is 0 Å². The number of nitrogens with zero attached hydrogens (tertiary/aromatic N) is 3. The van der Waals surface area contributed by atoms with Crippen LogP contribution in [0.3, 0.4) is 0 Å². The molecule has 2 aromatic rings. The van der Waals surface area contributed by atoms with Crippen LogP contribution in [0.25, 0.3) is 11.3 Å². The highest BCUT2D eigenvalue weighted by atomic mass is 16.4. The summed E-state index contributed by atoms with van der Waals surface area (Å²) in [5.41, 5.74) is 0.875. The SMILES string of the molecule is O=C(c1ncc(-c2ccncc2)o1)C1CNC2CCN1C2. The van der Waals surface area contributed by atoms with Gasteiger partial charge in [0, 0.05) is 43.6 Å². The quantitative estimate of drug-likeness (QED) is 0.847. The Morgan fingerprint density at radius 2 is 2.24 bits per heavy atom. The summed E-state index contributed by atoms with van der Waals surface area (Å²) in [6, 6.07) is 4.04. The van der Waals surface area contributed by atoms with Crippen LogP contribution in [0.2, 0.25) is 0 Å². The molecular formula is C15H16N4O2. The number of fused-ring (bicyclic) bond motifs is 2. The van der Waals surface area contributed by atoms with E-state index in [2.05, 4.69) is 20.2 Å². The summed E-state index contributed by atoms with van der Waals surface area (Å²) in [4.78, 5) is 22.9. The Morgan fingerprint density at radius 3 is 3.10 bits per heavy atom. The van der Waals surface area contributed by atoms with Crippen LogP contribution in [0, 0.1) is 0 Å². The Bertz CT molecular complexity index is 655. The lowest BCUT2D eigenvalue weighted by Gasteiger charge is -2.30. The lowest BCUT2D eigenvalue weighted by molar-refractivity contribution is 0.0782. The second-order valence-corrected chi connectivity index (χ2v) is 5.53. The molecule has 0 radical (unpaired) electrons. The molecule has 0 spiro atoms. The predicted molar refractivity (Wildman–Crippen MR) is 75.8 cm³/mol. The fourth-order valence-corrected chi connectivity index (χ4v) is 3.08. The average molecular weight is 284 g/mol. The molecule has 108 valence electrons. The fourth-order valence-electron chi connectivity index (χ4n) is 3.08. The Balaban J connectivity index is 1.56. The zero-order valence-corrected chi connectivity index (χ0v) is 11.5. The summed E-state index contributed by atoms with van der Waals surface area (Å²) in [5.74, 6) is 0.755. The molecule has 0 saturated carbocycles. The Kier molecular flexibility index (Phi) is 3.05. The maximum Gasteiger partial charge on any atom is 0.265 e. The molecule has 1 N–H and O–H groups in total. The third-order valence-corrected chi connectivity index (χ3v) is 4.24. The van der Waals surface area contributed by atoms with Gasteiger partial charge in [0.2, 0.25) is 5.78 Å².